The molecule has 1 aliphatic rings. The lowest BCUT2D eigenvalue weighted by molar-refractivity contribution is 0.153. The predicted octanol–water partition coefficient (Wildman–Crippen LogP) is 3.16. The molecule has 0 aromatic carbocycles. The summed E-state index contributed by atoms with van der Waals surface area (Å²) in [6.45, 7) is 2.32. The van der Waals surface area contributed by atoms with Crippen molar-refractivity contribution in [3.63, 3.8) is 0 Å². The quantitative estimate of drug-likeness (QED) is 0.252. The van der Waals surface area contributed by atoms with E-state index in [1.54, 1.807) is 25.0 Å². The minimum Gasteiger partial charge on any atom is -0.489 e. The van der Waals surface area contributed by atoms with Gasteiger partial charge in [-0.1, -0.05) is 6.42 Å². The molecular formula is C21H31N7OS. The molecule has 0 amide bonds. The number of nitrogens with zero attached hydrogens (tertiary/aromatic N) is 4. The third-order valence-corrected chi connectivity index (χ3v) is 5.79. The number of nitrogens with one attached hydrogen (secondary N) is 1. The van der Waals surface area contributed by atoms with Crippen LogP contribution in [0.1, 0.15) is 43.5 Å². The standard InChI is InChI=1S/C21H31N7OS/c1-14-18(29-15-7-5-4-6-8-15)10-9-16(26-14)20(22)17(28(2)23)13-25-21-24-12-11-19(27-21)30-3/h9-12,15H,4-8,13,22-23H2,1-3H3,(H,24,25,27)/b20-17-. The van der Waals surface area contributed by atoms with E-state index in [0.717, 1.165) is 29.3 Å². The second-order valence-corrected chi connectivity index (χ2v) is 8.23. The minimum absolute atomic E-state index is 0.282. The number of aromatic nitrogens is 3. The molecule has 0 aliphatic heterocycles. The van der Waals surface area contributed by atoms with Crippen LogP contribution in [0.5, 0.6) is 5.75 Å². The zero-order chi connectivity index (χ0) is 21.5. The van der Waals surface area contributed by atoms with Gasteiger partial charge in [0.2, 0.25) is 5.95 Å². The van der Waals surface area contributed by atoms with E-state index in [-0.39, 0.29) is 6.10 Å². The van der Waals surface area contributed by atoms with Gasteiger partial charge in [-0.25, -0.2) is 20.8 Å². The Morgan fingerprint density at radius 2 is 2.00 bits per heavy atom. The van der Waals surface area contributed by atoms with Crippen LogP contribution in [0, 0.1) is 6.92 Å². The van der Waals surface area contributed by atoms with Crippen molar-refractivity contribution in [2.24, 2.45) is 11.6 Å². The number of hydrogen-bond acceptors (Lipinski definition) is 9. The molecule has 1 aliphatic carbocycles. The molecule has 8 nitrogen and oxygen atoms in total. The van der Waals surface area contributed by atoms with Crippen molar-refractivity contribution in [1.82, 2.24) is 20.0 Å². The number of aryl methyl sites for hydroxylation is 1. The number of pyridine rings is 1. The average Bonchev–Trinajstić information content (AvgIpc) is 2.76. The van der Waals surface area contributed by atoms with Crippen molar-refractivity contribution in [3.05, 3.63) is 41.5 Å². The first-order valence-corrected chi connectivity index (χ1v) is 11.4. The van der Waals surface area contributed by atoms with Gasteiger partial charge < -0.3 is 20.8 Å². The number of ether oxygens (including phenoxy) is 1. The van der Waals surface area contributed by atoms with E-state index < -0.39 is 0 Å². The number of likely N-dealkylation sites (N-methyl/N-ethyl adjacent to an activating group) is 1. The summed E-state index contributed by atoms with van der Waals surface area (Å²) in [7, 11) is 1.75. The van der Waals surface area contributed by atoms with Crippen LogP contribution in [0.3, 0.4) is 0 Å². The Morgan fingerprint density at radius 3 is 2.67 bits per heavy atom. The van der Waals surface area contributed by atoms with Crippen LogP contribution in [0.25, 0.3) is 5.70 Å². The molecule has 1 fully saturated rings. The maximum Gasteiger partial charge on any atom is 0.224 e. The average molecular weight is 430 g/mol. The van der Waals surface area contributed by atoms with Gasteiger partial charge in [-0.2, -0.15) is 0 Å². The van der Waals surface area contributed by atoms with E-state index in [1.165, 1.54) is 24.3 Å². The van der Waals surface area contributed by atoms with Gasteiger partial charge in [-0.3, -0.25) is 0 Å². The molecule has 5 N–H and O–H groups in total. The number of thioether (sulfide) groups is 1. The van der Waals surface area contributed by atoms with Crippen molar-refractivity contribution < 1.29 is 4.74 Å². The first kappa shape index (κ1) is 22.2. The smallest absolute Gasteiger partial charge is 0.224 e. The lowest BCUT2D eigenvalue weighted by Gasteiger charge is -2.24. The van der Waals surface area contributed by atoms with E-state index in [0.29, 0.717) is 29.6 Å². The van der Waals surface area contributed by atoms with Crippen LogP contribution in [0.2, 0.25) is 0 Å². The van der Waals surface area contributed by atoms with Crippen molar-refractivity contribution in [1.29, 1.82) is 0 Å². The highest BCUT2D eigenvalue weighted by atomic mass is 32.2. The number of hydrogen-bond donors (Lipinski definition) is 3. The van der Waals surface area contributed by atoms with Crippen molar-refractivity contribution in [2.45, 2.75) is 50.2 Å². The predicted molar refractivity (Wildman–Crippen MR) is 122 cm³/mol. The molecule has 0 atom stereocenters. The first-order chi connectivity index (χ1) is 14.5. The summed E-state index contributed by atoms with van der Waals surface area (Å²) >= 11 is 1.56. The molecular weight excluding hydrogens is 398 g/mol. The molecule has 2 aromatic heterocycles. The largest absolute Gasteiger partial charge is 0.489 e. The van der Waals surface area contributed by atoms with E-state index in [1.807, 2.05) is 31.4 Å². The summed E-state index contributed by atoms with van der Waals surface area (Å²) in [6.07, 6.45) is 9.95. The Balaban J connectivity index is 1.75. The van der Waals surface area contributed by atoms with Crippen LogP contribution < -0.4 is 21.6 Å². The molecule has 0 unspecified atom stereocenters. The van der Waals surface area contributed by atoms with Crippen molar-refractivity contribution in [3.8, 4) is 5.75 Å². The van der Waals surface area contributed by atoms with Crippen molar-refractivity contribution >= 4 is 23.4 Å². The Bertz CT molecular complexity index is 881. The van der Waals surface area contributed by atoms with E-state index in [4.69, 9.17) is 16.3 Å². The Morgan fingerprint density at radius 1 is 1.23 bits per heavy atom. The SMILES string of the molecule is CSc1ccnc(NC/C(=C(/N)c2ccc(OC3CCCCC3)c(C)n2)N(C)N)n1. The van der Waals surface area contributed by atoms with Crippen LogP contribution in [-0.2, 0) is 0 Å². The summed E-state index contributed by atoms with van der Waals surface area (Å²) in [5.74, 6) is 7.39. The maximum absolute atomic E-state index is 6.43. The second kappa shape index (κ2) is 10.5. The van der Waals surface area contributed by atoms with E-state index in [2.05, 4.69) is 20.3 Å². The monoisotopic (exact) mass is 429 g/mol. The lowest BCUT2D eigenvalue weighted by Crippen LogP contribution is -2.32. The van der Waals surface area contributed by atoms with Gasteiger partial charge in [-0.05, 0) is 57.1 Å². The first-order valence-electron chi connectivity index (χ1n) is 10.2. The molecule has 1 saturated carbocycles. The fourth-order valence-corrected chi connectivity index (χ4v) is 3.82. The van der Waals surface area contributed by atoms with Gasteiger partial charge in [0.05, 0.1) is 35.4 Å². The normalized spacial score (nSPS) is 15.5. The number of hydrazine groups is 1. The minimum atomic E-state index is 0.282. The summed E-state index contributed by atoms with van der Waals surface area (Å²) in [5.41, 5.74) is 9.12. The highest BCUT2D eigenvalue weighted by molar-refractivity contribution is 7.98. The lowest BCUT2D eigenvalue weighted by atomic mass is 9.98. The van der Waals surface area contributed by atoms with Gasteiger partial charge in [-0.15, -0.1) is 11.8 Å². The van der Waals surface area contributed by atoms with Crippen molar-refractivity contribution in [2.75, 3.05) is 25.2 Å². The Labute approximate surface area is 182 Å². The molecule has 0 saturated heterocycles. The molecule has 2 aromatic rings. The van der Waals surface area contributed by atoms with Gasteiger partial charge in [0.1, 0.15) is 10.8 Å². The molecule has 30 heavy (non-hydrogen) atoms. The molecule has 0 bridgehead atoms. The molecule has 3 rings (SSSR count). The summed E-state index contributed by atoms with van der Waals surface area (Å²) in [5, 5.41) is 5.56. The van der Waals surface area contributed by atoms with Gasteiger partial charge in [0, 0.05) is 13.2 Å². The topological polar surface area (TPSA) is 115 Å². The number of nitrogens with two attached hydrogens (primary N) is 2. The molecule has 0 spiro atoms. The number of anilines is 1. The summed E-state index contributed by atoms with van der Waals surface area (Å²) in [4.78, 5) is 13.3. The molecule has 162 valence electrons. The summed E-state index contributed by atoms with van der Waals surface area (Å²) in [6, 6.07) is 5.69. The molecule has 2 heterocycles. The zero-order valence-electron chi connectivity index (χ0n) is 17.9. The van der Waals surface area contributed by atoms with E-state index in [9.17, 15) is 0 Å². The molecule has 9 heteroatoms. The highest BCUT2D eigenvalue weighted by Gasteiger charge is 2.17. The third-order valence-electron chi connectivity index (χ3n) is 5.15. The van der Waals surface area contributed by atoms with Crippen LogP contribution in [-0.4, -0.2) is 45.9 Å². The van der Waals surface area contributed by atoms with Crippen LogP contribution in [0.15, 0.2) is 35.1 Å². The fourth-order valence-electron chi connectivity index (χ4n) is 3.45. The van der Waals surface area contributed by atoms with Gasteiger partial charge in [0.15, 0.2) is 0 Å². The highest BCUT2D eigenvalue weighted by Crippen LogP contribution is 2.26. The zero-order valence-corrected chi connectivity index (χ0v) is 18.7. The second-order valence-electron chi connectivity index (χ2n) is 7.41. The molecule has 0 radical (unpaired) electrons. The Hall–Kier alpha value is -2.52. The fraction of sp³-hybridized carbons (Fsp3) is 0.476. The van der Waals surface area contributed by atoms with Gasteiger partial charge >= 0.3 is 0 Å². The van der Waals surface area contributed by atoms with E-state index >= 15 is 0 Å². The Kier molecular flexibility index (Phi) is 7.75. The van der Waals surface area contributed by atoms with Gasteiger partial charge in [0.25, 0.3) is 0 Å². The third kappa shape index (κ3) is 5.76. The van der Waals surface area contributed by atoms with Crippen LogP contribution >= 0.6 is 11.8 Å². The maximum atomic E-state index is 6.43. The summed E-state index contributed by atoms with van der Waals surface area (Å²) < 4.78 is 6.17. The number of rotatable bonds is 8. The van der Waals surface area contributed by atoms with Crippen LogP contribution in [0.4, 0.5) is 5.95 Å².